The average molecular weight is 357 g/mol. The molecule has 0 bridgehead atoms. The minimum absolute atomic E-state index is 0.198. The number of hydrogen-bond acceptors (Lipinski definition) is 4. The molecular weight excluding hydrogens is 341 g/mol. The predicted molar refractivity (Wildman–Crippen MR) is 95.7 cm³/mol. The van der Waals surface area contributed by atoms with Crippen LogP contribution in [-0.4, -0.2) is 17.0 Å². The van der Waals surface area contributed by atoms with Gasteiger partial charge in [0.2, 0.25) is 11.8 Å². The summed E-state index contributed by atoms with van der Waals surface area (Å²) in [6.07, 6.45) is 0. The molecule has 0 spiro atoms. The van der Waals surface area contributed by atoms with Gasteiger partial charge in [0.05, 0.1) is 6.04 Å². The number of aliphatic imine (C=N–C) groups is 1. The first-order valence-electron chi connectivity index (χ1n) is 7.65. The Hall–Kier alpha value is -2.67. The highest BCUT2D eigenvalue weighted by Gasteiger charge is 2.32. The van der Waals surface area contributed by atoms with E-state index in [1.54, 1.807) is 49.4 Å². The lowest BCUT2D eigenvalue weighted by molar-refractivity contribution is -0.118. The summed E-state index contributed by atoms with van der Waals surface area (Å²) in [6.45, 7) is 1.77. The number of benzene rings is 2. The number of amides is 2. The molecule has 1 unspecified atom stereocenters. The Morgan fingerprint density at radius 2 is 1.92 bits per heavy atom. The van der Waals surface area contributed by atoms with Gasteiger partial charge in [0.15, 0.2) is 5.17 Å². The zero-order valence-electron chi connectivity index (χ0n) is 13.4. The molecule has 0 aliphatic carbocycles. The summed E-state index contributed by atoms with van der Waals surface area (Å²) in [5.41, 5.74) is 6.82. The molecule has 1 aliphatic heterocycles. The van der Waals surface area contributed by atoms with Crippen LogP contribution in [0.3, 0.4) is 0 Å². The lowest BCUT2D eigenvalue weighted by Crippen LogP contribution is -2.22. The van der Waals surface area contributed by atoms with Crippen molar-refractivity contribution in [3.8, 4) is 0 Å². The van der Waals surface area contributed by atoms with Crippen LogP contribution >= 0.6 is 11.8 Å². The van der Waals surface area contributed by atoms with Crippen molar-refractivity contribution in [1.82, 2.24) is 5.32 Å². The van der Waals surface area contributed by atoms with Crippen molar-refractivity contribution >= 4 is 28.7 Å². The second kappa shape index (κ2) is 7.06. The smallest absolute Gasteiger partial charge is 0.248 e. The molecule has 2 aromatic rings. The molecule has 25 heavy (non-hydrogen) atoms. The topological polar surface area (TPSA) is 84.6 Å². The Morgan fingerprint density at radius 1 is 1.24 bits per heavy atom. The van der Waals surface area contributed by atoms with Crippen molar-refractivity contribution in [3.05, 3.63) is 71.0 Å². The van der Waals surface area contributed by atoms with E-state index in [0.717, 1.165) is 5.56 Å². The number of nitrogens with two attached hydrogens (primary N) is 1. The molecule has 3 N–H and O–H groups in total. The van der Waals surface area contributed by atoms with Crippen LogP contribution in [0.4, 0.5) is 4.39 Å². The quantitative estimate of drug-likeness (QED) is 0.882. The molecule has 2 aromatic carbocycles. The minimum Gasteiger partial charge on any atom is -0.366 e. The van der Waals surface area contributed by atoms with Crippen LogP contribution in [0.15, 0.2) is 53.5 Å². The maximum Gasteiger partial charge on any atom is 0.248 e. The molecule has 3 rings (SSSR count). The Kier molecular flexibility index (Phi) is 4.85. The number of nitrogens with zero attached hydrogens (tertiary/aromatic N) is 1. The Balaban J connectivity index is 1.78. The van der Waals surface area contributed by atoms with E-state index in [-0.39, 0.29) is 11.7 Å². The summed E-state index contributed by atoms with van der Waals surface area (Å²) in [4.78, 5) is 27.7. The minimum atomic E-state index is -0.518. The van der Waals surface area contributed by atoms with Crippen molar-refractivity contribution in [1.29, 1.82) is 0 Å². The van der Waals surface area contributed by atoms with Gasteiger partial charge in [0.1, 0.15) is 11.1 Å². The molecular formula is C18H16FN3O2S. The van der Waals surface area contributed by atoms with Crippen LogP contribution in [0.2, 0.25) is 0 Å². The maximum absolute atomic E-state index is 13.8. The van der Waals surface area contributed by atoms with E-state index in [2.05, 4.69) is 10.3 Å². The number of thioether (sulfide) groups is 1. The fraction of sp³-hybridized carbons (Fsp3) is 0.167. The van der Waals surface area contributed by atoms with E-state index in [1.165, 1.54) is 17.8 Å². The predicted octanol–water partition coefficient (Wildman–Crippen LogP) is 2.95. The molecule has 2 amide bonds. The monoisotopic (exact) mass is 357 g/mol. The van der Waals surface area contributed by atoms with Crippen molar-refractivity contribution in [2.24, 2.45) is 10.7 Å². The third-order valence-corrected chi connectivity index (χ3v) is 5.01. The van der Waals surface area contributed by atoms with Gasteiger partial charge in [-0.15, -0.1) is 0 Å². The van der Waals surface area contributed by atoms with Crippen LogP contribution in [-0.2, 0) is 4.79 Å². The summed E-state index contributed by atoms with van der Waals surface area (Å²) in [7, 11) is 0. The molecule has 1 fully saturated rings. The number of primary amides is 1. The third kappa shape index (κ3) is 3.71. The summed E-state index contributed by atoms with van der Waals surface area (Å²) < 4.78 is 13.8. The van der Waals surface area contributed by atoms with Crippen molar-refractivity contribution in [2.75, 3.05) is 0 Å². The number of nitrogens with one attached hydrogen (secondary N) is 1. The number of halogens is 1. The van der Waals surface area contributed by atoms with E-state index in [0.29, 0.717) is 16.3 Å². The Morgan fingerprint density at radius 3 is 2.56 bits per heavy atom. The van der Waals surface area contributed by atoms with E-state index >= 15 is 0 Å². The number of carbonyl (C=O) groups excluding carboxylic acids is 2. The molecule has 1 aliphatic rings. The second-order valence-electron chi connectivity index (χ2n) is 5.61. The Bertz CT molecular complexity index is 852. The van der Waals surface area contributed by atoms with Gasteiger partial charge < -0.3 is 11.1 Å². The van der Waals surface area contributed by atoms with Gasteiger partial charge in [0, 0.05) is 11.1 Å². The molecule has 0 saturated carbocycles. The van der Waals surface area contributed by atoms with Crippen LogP contribution in [0.1, 0.15) is 39.7 Å². The van der Waals surface area contributed by atoms with Gasteiger partial charge in [-0.05, 0) is 30.7 Å². The molecule has 1 saturated heterocycles. The Labute approximate surface area is 148 Å². The molecule has 1 heterocycles. The number of carbonyl (C=O) groups is 2. The van der Waals surface area contributed by atoms with Crippen molar-refractivity contribution in [3.63, 3.8) is 0 Å². The molecule has 0 radical (unpaired) electrons. The molecule has 2 atom stereocenters. The van der Waals surface area contributed by atoms with Gasteiger partial charge in [-0.25, -0.2) is 4.39 Å². The lowest BCUT2D eigenvalue weighted by Gasteiger charge is -2.09. The largest absolute Gasteiger partial charge is 0.366 e. The van der Waals surface area contributed by atoms with Gasteiger partial charge >= 0.3 is 0 Å². The summed E-state index contributed by atoms with van der Waals surface area (Å²) >= 11 is 1.27. The number of amidine groups is 1. The number of rotatable bonds is 4. The fourth-order valence-electron chi connectivity index (χ4n) is 2.53. The highest BCUT2D eigenvalue weighted by molar-refractivity contribution is 8.15. The number of hydrogen-bond donors (Lipinski definition) is 2. The van der Waals surface area contributed by atoms with Crippen molar-refractivity contribution in [2.45, 2.75) is 18.2 Å². The second-order valence-corrected chi connectivity index (χ2v) is 6.70. The first-order valence-corrected chi connectivity index (χ1v) is 8.53. The molecule has 7 heteroatoms. The summed E-state index contributed by atoms with van der Waals surface area (Å²) in [5, 5.41) is 2.70. The van der Waals surface area contributed by atoms with Gasteiger partial charge in [0.25, 0.3) is 0 Å². The lowest BCUT2D eigenvalue weighted by atomic mass is 10.1. The molecule has 128 valence electrons. The normalized spacial score (nSPS) is 19.7. The molecule has 5 nitrogen and oxygen atoms in total. The fourth-order valence-corrected chi connectivity index (χ4v) is 3.59. The van der Waals surface area contributed by atoms with Crippen LogP contribution < -0.4 is 11.1 Å². The highest BCUT2D eigenvalue weighted by atomic mass is 32.2. The van der Waals surface area contributed by atoms with Gasteiger partial charge in [-0.3, -0.25) is 14.6 Å². The SMILES string of the molecule is C[C@H](N=C1NC(=O)C(c2ccc(C(N)=O)cc2)S1)c1ccccc1F. The van der Waals surface area contributed by atoms with Crippen LogP contribution in [0.25, 0.3) is 0 Å². The zero-order valence-corrected chi connectivity index (χ0v) is 14.2. The third-order valence-electron chi connectivity index (χ3n) is 3.86. The van der Waals surface area contributed by atoms with E-state index in [1.807, 2.05) is 0 Å². The van der Waals surface area contributed by atoms with Crippen molar-refractivity contribution < 1.29 is 14.0 Å². The summed E-state index contributed by atoms with van der Waals surface area (Å²) in [5.74, 6) is -1.04. The first-order chi connectivity index (χ1) is 12.0. The first kappa shape index (κ1) is 17.2. The zero-order chi connectivity index (χ0) is 18.0. The maximum atomic E-state index is 13.8. The average Bonchev–Trinajstić information content (AvgIpc) is 2.95. The standard InChI is InChI=1S/C18H16FN3O2S/c1-10(13-4-2-3-5-14(13)19)21-18-22-17(24)15(25-18)11-6-8-12(9-7-11)16(20)23/h2-10,15H,1H3,(H2,20,23)(H,21,22,24)/t10-,15?/m0/s1. The summed E-state index contributed by atoms with van der Waals surface area (Å²) in [6, 6.07) is 12.6. The van der Waals surface area contributed by atoms with E-state index in [9.17, 15) is 14.0 Å². The van der Waals surface area contributed by atoms with Gasteiger partial charge in [-0.2, -0.15) is 0 Å². The van der Waals surface area contributed by atoms with Crippen LogP contribution in [0.5, 0.6) is 0 Å². The van der Waals surface area contributed by atoms with E-state index in [4.69, 9.17) is 5.73 Å². The van der Waals surface area contributed by atoms with Crippen LogP contribution in [0, 0.1) is 5.82 Å². The molecule has 0 aromatic heterocycles. The van der Waals surface area contributed by atoms with E-state index < -0.39 is 17.2 Å². The van der Waals surface area contributed by atoms with Gasteiger partial charge in [-0.1, -0.05) is 42.1 Å². The highest BCUT2D eigenvalue weighted by Crippen LogP contribution is 2.35.